The van der Waals surface area contributed by atoms with Crippen LogP contribution in [-0.4, -0.2) is 42.2 Å². The monoisotopic (exact) mass is 354 g/mol. The number of carbonyl (C=O) groups is 1. The summed E-state index contributed by atoms with van der Waals surface area (Å²) in [7, 11) is 0. The van der Waals surface area contributed by atoms with Crippen LogP contribution >= 0.6 is 0 Å². The number of hydrogen-bond donors (Lipinski definition) is 2. The van der Waals surface area contributed by atoms with Gasteiger partial charge >= 0.3 is 0 Å². The molecule has 1 aromatic heterocycles. The number of rotatable bonds is 2. The molecule has 1 fully saturated rings. The predicted octanol–water partition coefficient (Wildman–Crippen LogP) is 1.70. The number of amides is 1. The highest BCUT2D eigenvalue weighted by atomic mass is 16.5. The smallest absolute Gasteiger partial charge is 0.258 e. The number of H-pyrrole nitrogens is 1. The Labute approximate surface area is 151 Å². The highest BCUT2D eigenvalue weighted by Crippen LogP contribution is 2.36. The van der Waals surface area contributed by atoms with Gasteiger partial charge in [0, 0.05) is 25.4 Å². The van der Waals surface area contributed by atoms with Crippen molar-refractivity contribution >= 4 is 17.7 Å². The summed E-state index contributed by atoms with van der Waals surface area (Å²) in [5.41, 5.74) is 3.57. The van der Waals surface area contributed by atoms with Crippen LogP contribution in [0.15, 0.2) is 23.0 Å². The Morgan fingerprint density at radius 2 is 1.96 bits per heavy atom. The van der Waals surface area contributed by atoms with Crippen molar-refractivity contribution in [2.45, 2.75) is 26.2 Å². The molecule has 2 aliphatic rings. The third-order valence-corrected chi connectivity index (χ3v) is 5.05. The lowest BCUT2D eigenvalue weighted by Crippen LogP contribution is -2.40. The van der Waals surface area contributed by atoms with E-state index in [1.54, 1.807) is 0 Å². The molecule has 0 aliphatic carbocycles. The van der Waals surface area contributed by atoms with Crippen LogP contribution in [0.25, 0.3) is 0 Å². The molecule has 2 N–H and O–H groups in total. The topological polar surface area (TPSA) is 87.3 Å². The predicted molar refractivity (Wildman–Crippen MR) is 98.9 cm³/mol. The Morgan fingerprint density at radius 3 is 2.69 bits per heavy atom. The molecule has 136 valence electrons. The average molecular weight is 354 g/mol. The number of nitrogens with one attached hydrogen (secondary N) is 2. The summed E-state index contributed by atoms with van der Waals surface area (Å²) in [5.74, 6) is 0.456. The van der Waals surface area contributed by atoms with E-state index >= 15 is 0 Å². The minimum absolute atomic E-state index is 0.117. The number of nitrogens with zero attached hydrogens (tertiary/aromatic N) is 2. The van der Waals surface area contributed by atoms with Crippen LogP contribution in [0.2, 0.25) is 0 Å². The Hall–Kier alpha value is -2.67. The Morgan fingerprint density at radius 1 is 1.19 bits per heavy atom. The quantitative estimate of drug-likeness (QED) is 0.857. The standard InChI is InChI=1S/C19H22N4O3/c1-11-3-4-13(12(2)9-11)14-10-15(24)20-17-16(14)18(25)22-19(21-17)23-5-7-26-8-6-23/h3-4,9,14H,5-8,10H2,1-2H3,(H2,20,21,22,24,25)/t14-/m0/s1. The average Bonchev–Trinajstić information content (AvgIpc) is 2.61. The largest absolute Gasteiger partial charge is 0.378 e. The van der Waals surface area contributed by atoms with Gasteiger partial charge in [-0.05, 0) is 25.0 Å². The van der Waals surface area contributed by atoms with E-state index in [-0.39, 0.29) is 23.8 Å². The highest BCUT2D eigenvalue weighted by Gasteiger charge is 2.32. The number of hydrogen-bond acceptors (Lipinski definition) is 5. The zero-order chi connectivity index (χ0) is 18.3. The van der Waals surface area contributed by atoms with E-state index in [1.165, 1.54) is 0 Å². The molecule has 0 spiro atoms. The number of anilines is 2. The second-order valence-corrected chi connectivity index (χ2v) is 6.92. The Kier molecular flexibility index (Phi) is 4.24. The van der Waals surface area contributed by atoms with E-state index in [1.807, 2.05) is 30.9 Å². The van der Waals surface area contributed by atoms with Gasteiger partial charge in [-0.25, -0.2) is 0 Å². The van der Waals surface area contributed by atoms with Crippen molar-refractivity contribution in [3.8, 4) is 0 Å². The lowest BCUT2D eigenvalue weighted by atomic mass is 9.84. The maximum Gasteiger partial charge on any atom is 0.258 e. The van der Waals surface area contributed by atoms with Gasteiger partial charge in [0.15, 0.2) is 0 Å². The molecule has 1 aromatic carbocycles. The minimum Gasteiger partial charge on any atom is -0.378 e. The molecule has 2 aromatic rings. The van der Waals surface area contributed by atoms with Crippen molar-refractivity contribution in [1.29, 1.82) is 0 Å². The summed E-state index contributed by atoms with van der Waals surface area (Å²) >= 11 is 0. The van der Waals surface area contributed by atoms with Crippen molar-refractivity contribution in [3.63, 3.8) is 0 Å². The first-order chi connectivity index (χ1) is 12.5. The van der Waals surface area contributed by atoms with Gasteiger partial charge in [0.2, 0.25) is 11.9 Å². The zero-order valence-electron chi connectivity index (χ0n) is 15.0. The fourth-order valence-electron chi connectivity index (χ4n) is 3.77. The number of carbonyl (C=O) groups excluding carboxylic acids is 1. The van der Waals surface area contributed by atoms with Gasteiger partial charge in [-0.15, -0.1) is 0 Å². The van der Waals surface area contributed by atoms with E-state index in [9.17, 15) is 9.59 Å². The van der Waals surface area contributed by atoms with Crippen molar-refractivity contribution in [2.24, 2.45) is 0 Å². The first-order valence-corrected chi connectivity index (χ1v) is 8.87. The second-order valence-electron chi connectivity index (χ2n) is 6.92. The number of morpholine rings is 1. The normalized spacial score (nSPS) is 19.8. The first-order valence-electron chi connectivity index (χ1n) is 8.87. The van der Waals surface area contributed by atoms with Gasteiger partial charge in [0.1, 0.15) is 5.82 Å². The maximum atomic E-state index is 12.9. The molecule has 26 heavy (non-hydrogen) atoms. The van der Waals surface area contributed by atoms with Gasteiger partial charge < -0.3 is 15.0 Å². The van der Waals surface area contributed by atoms with Crippen LogP contribution in [0.3, 0.4) is 0 Å². The van der Waals surface area contributed by atoms with E-state index in [2.05, 4.69) is 21.4 Å². The summed E-state index contributed by atoms with van der Waals surface area (Å²) in [4.78, 5) is 34.6. The van der Waals surface area contributed by atoms with Crippen molar-refractivity contribution in [2.75, 3.05) is 36.5 Å². The SMILES string of the molecule is Cc1ccc([C@@H]2CC(=O)Nc3nc(N4CCOCC4)[nH]c(=O)c32)c(C)c1. The third-order valence-electron chi connectivity index (χ3n) is 5.05. The molecule has 7 nitrogen and oxygen atoms in total. The number of aromatic nitrogens is 2. The summed E-state index contributed by atoms with van der Waals surface area (Å²) < 4.78 is 5.35. The molecule has 2 aliphatic heterocycles. The van der Waals surface area contributed by atoms with Gasteiger partial charge in [-0.2, -0.15) is 4.98 Å². The zero-order valence-corrected chi connectivity index (χ0v) is 15.0. The second kappa shape index (κ2) is 6.57. The molecular formula is C19H22N4O3. The lowest BCUT2D eigenvalue weighted by molar-refractivity contribution is -0.116. The molecule has 7 heteroatoms. The molecule has 1 atom stereocenters. The summed E-state index contributed by atoms with van der Waals surface area (Å²) in [6, 6.07) is 6.09. The van der Waals surface area contributed by atoms with Gasteiger partial charge in [-0.1, -0.05) is 23.8 Å². The van der Waals surface area contributed by atoms with Gasteiger partial charge in [-0.3, -0.25) is 14.6 Å². The molecular weight excluding hydrogens is 332 g/mol. The Balaban J connectivity index is 1.80. The molecule has 0 saturated carbocycles. The van der Waals surface area contributed by atoms with Crippen LogP contribution in [0.5, 0.6) is 0 Å². The summed E-state index contributed by atoms with van der Waals surface area (Å²) in [6.45, 7) is 6.56. The number of ether oxygens (including phenoxy) is 1. The van der Waals surface area contributed by atoms with Crippen LogP contribution in [0.1, 0.15) is 34.6 Å². The molecule has 0 radical (unpaired) electrons. The van der Waals surface area contributed by atoms with Gasteiger partial charge in [0.25, 0.3) is 5.56 Å². The molecule has 1 amide bonds. The van der Waals surface area contributed by atoms with E-state index < -0.39 is 0 Å². The maximum absolute atomic E-state index is 12.9. The third kappa shape index (κ3) is 2.99. The van der Waals surface area contributed by atoms with Gasteiger partial charge in [0.05, 0.1) is 18.8 Å². The number of aromatic amines is 1. The number of aryl methyl sites for hydroxylation is 2. The van der Waals surface area contributed by atoms with Crippen molar-refractivity contribution in [3.05, 3.63) is 50.8 Å². The van der Waals surface area contributed by atoms with Crippen LogP contribution < -0.4 is 15.8 Å². The summed E-state index contributed by atoms with van der Waals surface area (Å²) in [5, 5.41) is 2.78. The van der Waals surface area contributed by atoms with Crippen LogP contribution in [0.4, 0.5) is 11.8 Å². The fourth-order valence-corrected chi connectivity index (χ4v) is 3.77. The molecule has 4 rings (SSSR count). The molecule has 0 unspecified atom stereocenters. The molecule has 0 bridgehead atoms. The van der Waals surface area contributed by atoms with E-state index in [4.69, 9.17) is 4.74 Å². The molecule has 1 saturated heterocycles. The van der Waals surface area contributed by atoms with Crippen molar-refractivity contribution in [1.82, 2.24) is 9.97 Å². The minimum atomic E-state index is -0.283. The number of fused-ring (bicyclic) bond motifs is 1. The Bertz CT molecular complexity index is 915. The number of benzene rings is 1. The van der Waals surface area contributed by atoms with E-state index in [0.29, 0.717) is 43.6 Å². The van der Waals surface area contributed by atoms with Crippen molar-refractivity contribution < 1.29 is 9.53 Å². The van der Waals surface area contributed by atoms with Crippen LogP contribution in [0, 0.1) is 13.8 Å². The lowest BCUT2D eigenvalue weighted by Gasteiger charge is -2.30. The highest BCUT2D eigenvalue weighted by molar-refractivity contribution is 5.94. The fraction of sp³-hybridized carbons (Fsp3) is 0.421. The summed E-state index contributed by atoms with van der Waals surface area (Å²) in [6.07, 6.45) is 0.249. The molecule has 3 heterocycles. The van der Waals surface area contributed by atoms with E-state index in [0.717, 1.165) is 16.7 Å². The first kappa shape index (κ1) is 16.8. The van der Waals surface area contributed by atoms with Crippen LogP contribution in [-0.2, 0) is 9.53 Å².